The molecule has 0 unspecified atom stereocenters. The van der Waals surface area contributed by atoms with Crippen LogP contribution in [0.25, 0.3) is 16.9 Å². The van der Waals surface area contributed by atoms with Gasteiger partial charge in [0.05, 0.1) is 7.11 Å². The van der Waals surface area contributed by atoms with Crippen molar-refractivity contribution in [1.29, 1.82) is 0 Å². The van der Waals surface area contributed by atoms with Gasteiger partial charge in [-0.3, -0.25) is 9.36 Å². The topological polar surface area (TPSA) is 48.5 Å². The Balaban J connectivity index is 2.27. The zero-order valence-electron chi connectivity index (χ0n) is 18.2. The smallest absolute Gasteiger partial charge is 0.278 e. The molecule has 0 fully saturated rings. The Morgan fingerprint density at radius 1 is 1.14 bits per heavy atom. The zero-order valence-corrected chi connectivity index (χ0v) is 18.2. The number of methoxy groups -OCH3 is 1. The summed E-state index contributed by atoms with van der Waals surface area (Å²) in [6, 6.07) is 5.11. The number of hydrogen-bond donors (Lipinski definition) is 0. The molecule has 0 saturated heterocycles. The third-order valence-electron chi connectivity index (χ3n) is 5.66. The standard InChI is InChI=1S/C23H30FN3O2/c1-7-9-16(10-8-2)18-12-15(4)27-21(18)23(28)26(5)22(25-27)17-13-19(24)20(29-6)11-14(17)3/h11-13,16H,7-10H2,1-6H3. The van der Waals surface area contributed by atoms with E-state index in [9.17, 15) is 9.18 Å². The van der Waals surface area contributed by atoms with Crippen LogP contribution in [-0.4, -0.2) is 21.3 Å². The molecule has 0 aliphatic carbocycles. The molecule has 6 heteroatoms. The van der Waals surface area contributed by atoms with E-state index in [2.05, 4.69) is 19.9 Å². The van der Waals surface area contributed by atoms with Crippen molar-refractivity contribution in [3.05, 3.63) is 51.2 Å². The SMILES string of the molecule is CCCC(CCC)c1cc(C)n2nc(-c3cc(F)c(OC)cc3C)n(C)c(=O)c12. The summed E-state index contributed by atoms with van der Waals surface area (Å²) in [6.45, 7) is 8.16. The molecule has 0 saturated carbocycles. The monoisotopic (exact) mass is 399 g/mol. The first-order valence-electron chi connectivity index (χ1n) is 10.3. The summed E-state index contributed by atoms with van der Waals surface area (Å²) < 4.78 is 22.7. The Bertz CT molecular complexity index is 1090. The number of nitrogens with zero attached hydrogens (tertiary/aromatic N) is 3. The van der Waals surface area contributed by atoms with Crippen molar-refractivity contribution in [2.75, 3.05) is 7.11 Å². The van der Waals surface area contributed by atoms with Gasteiger partial charge in [-0.15, -0.1) is 5.10 Å². The summed E-state index contributed by atoms with van der Waals surface area (Å²) in [7, 11) is 3.14. The molecule has 0 aliphatic heterocycles. The molecular weight excluding hydrogens is 369 g/mol. The van der Waals surface area contributed by atoms with E-state index in [0.29, 0.717) is 22.8 Å². The van der Waals surface area contributed by atoms with E-state index < -0.39 is 5.82 Å². The molecule has 0 spiro atoms. The quantitative estimate of drug-likeness (QED) is 0.552. The normalized spacial score (nSPS) is 11.6. The van der Waals surface area contributed by atoms with Crippen LogP contribution in [0.2, 0.25) is 0 Å². The minimum absolute atomic E-state index is 0.106. The largest absolute Gasteiger partial charge is 0.494 e. The van der Waals surface area contributed by atoms with E-state index in [-0.39, 0.29) is 11.3 Å². The molecule has 0 atom stereocenters. The van der Waals surface area contributed by atoms with Crippen LogP contribution in [0.15, 0.2) is 23.0 Å². The van der Waals surface area contributed by atoms with E-state index in [1.165, 1.54) is 17.7 Å². The molecule has 3 aromatic rings. The Kier molecular flexibility index (Phi) is 6.10. The first-order valence-corrected chi connectivity index (χ1v) is 10.3. The number of benzene rings is 1. The second-order valence-corrected chi connectivity index (χ2v) is 7.77. The van der Waals surface area contributed by atoms with Crippen LogP contribution in [0.1, 0.15) is 62.3 Å². The lowest BCUT2D eigenvalue weighted by molar-refractivity contribution is 0.386. The van der Waals surface area contributed by atoms with Crippen LogP contribution in [-0.2, 0) is 7.05 Å². The fourth-order valence-electron chi connectivity index (χ4n) is 4.16. The lowest BCUT2D eigenvalue weighted by atomic mass is 9.91. The van der Waals surface area contributed by atoms with Crippen LogP contribution in [0.4, 0.5) is 4.39 Å². The second kappa shape index (κ2) is 8.39. The van der Waals surface area contributed by atoms with Crippen molar-refractivity contribution in [3.63, 3.8) is 0 Å². The van der Waals surface area contributed by atoms with Crippen molar-refractivity contribution in [2.45, 2.75) is 59.3 Å². The zero-order chi connectivity index (χ0) is 21.3. The summed E-state index contributed by atoms with van der Waals surface area (Å²) in [5.41, 5.74) is 3.89. The maximum atomic E-state index is 14.4. The highest BCUT2D eigenvalue weighted by molar-refractivity contribution is 5.65. The summed E-state index contributed by atoms with van der Waals surface area (Å²) in [5.74, 6) is 0.487. The second-order valence-electron chi connectivity index (χ2n) is 7.77. The summed E-state index contributed by atoms with van der Waals surface area (Å²) in [4.78, 5) is 13.4. The number of aromatic nitrogens is 3. The Morgan fingerprint density at radius 3 is 2.38 bits per heavy atom. The Hall–Kier alpha value is -2.63. The maximum absolute atomic E-state index is 14.4. The van der Waals surface area contributed by atoms with Crippen molar-refractivity contribution < 1.29 is 9.13 Å². The molecular formula is C23H30FN3O2. The molecule has 1 aromatic carbocycles. The summed E-state index contributed by atoms with van der Waals surface area (Å²) >= 11 is 0. The molecule has 0 bridgehead atoms. The van der Waals surface area contributed by atoms with Gasteiger partial charge in [-0.25, -0.2) is 8.91 Å². The van der Waals surface area contributed by atoms with Gasteiger partial charge in [-0.05, 0) is 61.9 Å². The van der Waals surface area contributed by atoms with Crippen molar-refractivity contribution in [2.24, 2.45) is 7.05 Å². The minimum Gasteiger partial charge on any atom is -0.494 e. The molecule has 0 amide bonds. The van der Waals surface area contributed by atoms with Crippen molar-refractivity contribution >= 4 is 5.52 Å². The third kappa shape index (κ3) is 3.68. The molecule has 2 aromatic heterocycles. The van der Waals surface area contributed by atoms with Crippen LogP contribution >= 0.6 is 0 Å². The number of rotatable bonds is 7. The highest BCUT2D eigenvalue weighted by Gasteiger charge is 2.22. The molecule has 0 radical (unpaired) electrons. The van der Waals surface area contributed by atoms with Crippen molar-refractivity contribution in [3.8, 4) is 17.1 Å². The number of hydrogen-bond acceptors (Lipinski definition) is 3. The fourth-order valence-corrected chi connectivity index (χ4v) is 4.16. The van der Waals surface area contributed by atoms with Crippen LogP contribution in [0.3, 0.4) is 0 Å². The molecule has 2 heterocycles. The van der Waals surface area contributed by atoms with Gasteiger partial charge in [0, 0.05) is 18.3 Å². The van der Waals surface area contributed by atoms with E-state index in [0.717, 1.165) is 42.5 Å². The summed E-state index contributed by atoms with van der Waals surface area (Å²) in [5, 5.41) is 4.76. The highest BCUT2D eigenvalue weighted by atomic mass is 19.1. The molecule has 29 heavy (non-hydrogen) atoms. The molecule has 156 valence electrons. The fraction of sp³-hybridized carbons (Fsp3) is 0.478. The van der Waals surface area contributed by atoms with Crippen LogP contribution in [0, 0.1) is 19.7 Å². The molecule has 5 nitrogen and oxygen atoms in total. The summed E-state index contributed by atoms with van der Waals surface area (Å²) in [6.07, 6.45) is 4.22. The predicted molar refractivity (Wildman–Crippen MR) is 114 cm³/mol. The maximum Gasteiger partial charge on any atom is 0.278 e. The van der Waals surface area contributed by atoms with Gasteiger partial charge >= 0.3 is 0 Å². The Labute approximate surface area is 171 Å². The van der Waals surface area contributed by atoms with Gasteiger partial charge in [0.15, 0.2) is 17.4 Å². The third-order valence-corrected chi connectivity index (χ3v) is 5.66. The van der Waals surface area contributed by atoms with Gasteiger partial charge in [0.1, 0.15) is 5.52 Å². The first-order chi connectivity index (χ1) is 13.8. The minimum atomic E-state index is -0.474. The average Bonchev–Trinajstić information content (AvgIpc) is 3.02. The van der Waals surface area contributed by atoms with Crippen LogP contribution < -0.4 is 10.3 Å². The van der Waals surface area contributed by atoms with Gasteiger partial charge in [-0.1, -0.05) is 26.7 Å². The number of aryl methyl sites for hydroxylation is 2. The number of halogens is 1. The lowest BCUT2D eigenvalue weighted by Gasteiger charge is -2.16. The average molecular weight is 400 g/mol. The van der Waals surface area contributed by atoms with Gasteiger partial charge in [0.2, 0.25) is 0 Å². The molecule has 0 N–H and O–H groups in total. The van der Waals surface area contributed by atoms with Gasteiger partial charge < -0.3 is 4.74 Å². The van der Waals surface area contributed by atoms with Gasteiger partial charge in [0.25, 0.3) is 5.56 Å². The predicted octanol–water partition coefficient (Wildman–Crippen LogP) is 5.15. The van der Waals surface area contributed by atoms with E-state index in [1.807, 2.05) is 13.8 Å². The first kappa shape index (κ1) is 21.1. The number of fused-ring (bicyclic) bond motifs is 1. The highest BCUT2D eigenvalue weighted by Crippen LogP contribution is 2.32. The Morgan fingerprint density at radius 2 is 1.79 bits per heavy atom. The van der Waals surface area contributed by atoms with E-state index in [1.54, 1.807) is 17.6 Å². The van der Waals surface area contributed by atoms with Crippen molar-refractivity contribution in [1.82, 2.24) is 14.2 Å². The molecule has 3 rings (SSSR count). The lowest BCUT2D eigenvalue weighted by Crippen LogP contribution is -2.24. The van der Waals surface area contributed by atoms with E-state index in [4.69, 9.17) is 9.84 Å². The number of ether oxygens (including phenoxy) is 1. The van der Waals surface area contributed by atoms with Crippen LogP contribution in [0.5, 0.6) is 5.75 Å². The molecule has 0 aliphatic rings. The van der Waals surface area contributed by atoms with E-state index >= 15 is 0 Å². The van der Waals surface area contributed by atoms with Gasteiger partial charge in [-0.2, -0.15) is 0 Å².